The van der Waals surface area contributed by atoms with Crippen LogP contribution in [0.2, 0.25) is 0 Å². The fourth-order valence-electron chi connectivity index (χ4n) is 3.31. The Hall–Kier alpha value is -3.93. The molecule has 28 heavy (non-hydrogen) atoms. The number of amides is 1. The van der Waals surface area contributed by atoms with Gasteiger partial charge >= 0.3 is 0 Å². The van der Waals surface area contributed by atoms with Crippen LogP contribution in [0.4, 0.5) is 17.1 Å². The van der Waals surface area contributed by atoms with E-state index in [4.69, 9.17) is 0 Å². The van der Waals surface area contributed by atoms with Gasteiger partial charge in [0.15, 0.2) is 11.6 Å². The maximum atomic E-state index is 13.0. The zero-order chi connectivity index (χ0) is 19.8. The van der Waals surface area contributed by atoms with Gasteiger partial charge < -0.3 is 15.7 Å². The Morgan fingerprint density at radius 1 is 0.786 bits per heavy atom. The van der Waals surface area contributed by atoms with Crippen LogP contribution >= 0.6 is 0 Å². The number of carbonyl (C=O) groups is 3. The second-order valence-electron chi connectivity index (χ2n) is 6.47. The molecule has 3 N–H and O–H groups in total. The molecule has 1 aliphatic rings. The Balaban J connectivity index is 1.75. The van der Waals surface area contributed by atoms with Crippen molar-refractivity contribution in [3.05, 3.63) is 82.9 Å². The highest BCUT2D eigenvalue weighted by Gasteiger charge is 2.33. The Labute approximate surface area is 160 Å². The number of ketones is 2. The molecule has 0 fully saturated rings. The maximum Gasteiger partial charge on any atom is 0.221 e. The minimum absolute atomic E-state index is 0.00330. The highest BCUT2D eigenvalue weighted by molar-refractivity contribution is 6.31. The van der Waals surface area contributed by atoms with E-state index in [9.17, 15) is 19.5 Å². The van der Waals surface area contributed by atoms with E-state index in [1.165, 1.54) is 13.0 Å². The summed E-state index contributed by atoms with van der Waals surface area (Å²) in [5, 5.41) is 16.0. The molecule has 4 rings (SSSR count). The second kappa shape index (κ2) is 6.66. The van der Waals surface area contributed by atoms with E-state index < -0.39 is 0 Å². The van der Waals surface area contributed by atoms with Crippen molar-refractivity contribution in [2.75, 3.05) is 10.6 Å². The molecule has 1 aliphatic carbocycles. The normalized spacial score (nSPS) is 12.2. The minimum atomic E-state index is -0.382. The number of fused-ring (bicyclic) bond motifs is 2. The Kier molecular flexibility index (Phi) is 4.16. The number of anilines is 3. The maximum absolute atomic E-state index is 13.0. The monoisotopic (exact) mass is 372 g/mol. The van der Waals surface area contributed by atoms with Gasteiger partial charge in [0, 0.05) is 29.4 Å². The third-order valence-electron chi connectivity index (χ3n) is 4.54. The predicted molar refractivity (Wildman–Crippen MR) is 105 cm³/mol. The molecule has 0 bridgehead atoms. The molecule has 0 radical (unpaired) electrons. The smallest absolute Gasteiger partial charge is 0.221 e. The van der Waals surface area contributed by atoms with E-state index in [2.05, 4.69) is 10.6 Å². The van der Waals surface area contributed by atoms with Crippen LogP contribution in [0.3, 0.4) is 0 Å². The summed E-state index contributed by atoms with van der Waals surface area (Å²) in [6.07, 6.45) is 0. The largest absolute Gasteiger partial charge is 0.507 e. The van der Waals surface area contributed by atoms with Crippen LogP contribution in [0, 0.1) is 0 Å². The zero-order valence-corrected chi connectivity index (χ0v) is 14.9. The molecule has 6 heteroatoms. The number of rotatable bonds is 3. The number of aromatic hydroxyl groups is 1. The summed E-state index contributed by atoms with van der Waals surface area (Å²) in [5.74, 6) is -1.10. The number of benzene rings is 3. The average molecular weight is 372 g/mol. The van der Waals surface area contributed by atoms with Crippen molar-refractivity contribution < 1.29 is 19.5 Å². The fourth-order valence-corrected chi connectivity index (χ4v) is 3.31. The Morgan fingerprint density at radius 3 is 1.96 bits per heavy atom. The second-order valence-corrected chi connectivity index (χ2v) is 6.47. The van der Waals surface area contributed by atoms with Gasteiger partial charge in [-0.05, 0) is 36.4 Å². The van der Waals surface area contributed by atoms with Crippen LogP contribution in [0.5, 0.6) is 5.75 Å². The van der Waals surface area contributed by atoms with Crippen LogP contribution in [-0.2, 0) is 4.79 Å². The molecule has 1 amide bonds. The molecule has 3 aromatic rings. The van der Waals surface area contributed by atoms with E-state index >= 15 is 0 Å². The third kappa shape index (κ3) is 2.91. The molecule has 0 unspecified atom stereocenters. The van der Waals surface area contributed by atoms with Gasteiger partial charge in [-0.3, -0.25) is 14.4 Å². The number of phenolic OH excluding ortho intramolecular Hbond substituents is 1. The summed E-state index contributed by atoms with van der Waals surface area (Å²) >= 11 is 0. The van der Waals surface area contributed by atoms with E-state index in [0.29, 0.717) is 22.6 Å². The van der Waals surface area contributed by atoms with Gasteiger partial charge in [0.25, 0.3) is 0 Å². The van der Waals surface area contributed by atoms with Crippen LogP contribution < -0.4 is 10.6 Å². The van der Waals surface area contributed by atoms with Gasteiger partial charge in [0.2, 0.25) is 5.91 Å². The van der Waals surface area contributed by atoms with Gasteiger partial charge in [-0.25, -0.2) is 0 Å². The summed E-state index contributed by atoms with van der Waals surface area (Å²) in [6.45, 7) is 1.43. The van der Waals surface area contributed by atoms with Gasteiger partial charge in [-0.1, -0.05) is 24.3 Å². The van der Waals surface area contributed by atoms with Crippen molar-refractivity contribution in [1.82, 2.24) is 0 Å². The SMILES string of the molecule is CC(=O)Nc1ccc(Nc2ccc(O)c3c2C(=O)c2ccccc2C3=O)cc1. The number of phenols is 1. The first-order valence-electron chi connectivity index (χ1n) is 8.65. The van der Waals surface area contributed by atoms with E-state index in [0.717, 1.165) is 0 Å². The molecule has 3 aromatic carbocycles. The fraction of sp³-hybridized carbons (Fsp3) is 0.0455. The lowest BCUT2D eigenvalue weighted by atomic mass is 9.82. The first kappa shape index (κ1) is 17.5. The topological polar surface area (TPSA) is 95.5 Å². The van der Waals surface area contributed by atoms with Gasteiger partial charge in [-0.15, -0.1) is 0 Å². The van der Waals surface area contributed by atoms with Crippen LogP contribution in [0.1, 0.15) is 38.8 Å². The first-order chi connectivity index (χ1) is 13.5. The van der Waals surface area contributed by atoms with E-state index in [1.807, 2.05) is 0 Å². The molecule has 0 heterocycles. The van der Waals surface area contributed by atoms with E-state index in [-0.39, 0.29) is 39.9 Å². The predicted octanol–water partition coefficient (Wildman–Crippen LogP) is 3.87. The summed E-state index contributed by atoms with van der Waals surface area (Å²) in [5.41, 5.74) is 2.49. The molecular formula is C22H16N2O4. The molecule has 0 aliphatic heterocycles. The van der Waals surface area contributed by atoms with Crippen molar-refractivity contribution in [3.63, 3.8) is 0 Å². The van der Waals surface area contributed by atoms with Crippen molar-refractivity contribution in [3.8, 4) is 5.75 Å². The summed E-state index contributed by atoms with van der Waals surface area (Å²) in [4.78, 5) is 37.0. The Morgan fingerprint density at radius 2 is 1.36 bits per heavy atom. The minimum Gasteiger partial charge on any atom is -0.507 e. The van der Waals surface area contributed by atoms with Gasteiger partial charge in [0.1, 0.15) is 5.75 Å². The molecule has 0 aromatic heterocycles. The van der Waals surface area contributed by atoms with Gasteiger partial charge in [-0.2, -0.15) is 0 Å². The molecule has 0 spiro atoms. The lowest BCUT2D eigenvalue weighted by Gasteiger charge is -2.21. The molecular weight excluding hydrogens is 356 g/mol. The van der Waals surface area contributed by atoms with Crippen molar-refractivity contribution in [2.24, 2.45) is 0 Å². The van der Waals surface area contributed by atoms with Crippen molar-refractivity contribution in [1.29, 1.82) is 0 Å². The average Bonchev–Trinajstić information content (AvgIpc) is 2.68. The molecule has 0 atom stereocenters. The summed E-state index contributed by atoms with van der Waals surface area (Å²) < 4.78 is 0. The van der Waals surface area contributed by atoms with Crippen molar-refractivity contribution in [2.45, 2.75) is 6.92 Å². The molecule has 6 nitrogen and oxygen atoms in total. The molecule has 138 valence electrons. The summed E-state index contributed by atoms with van der Waals surface area (Å²) in [6, 6.07) is 16.5. The highest BCUT2D eigenvalue weighted by atomic mass is 16.3. The Bertz CT molecular complexity index is 1130. The standard InChI is InChI=1S/C22H16N2O4/c1-12(25)23-13-6-8-14(9-7-13)24-17-10-11-18(26)20-19(17)21(27)15-4-2-3-5-16(15)22(20)28/h2-11,24,26H,1H3,(H,23,25). The van der Waals surface area contributed by atoms with Crippen LogP contribution in [-0.4, -0.2) is 22.6 Å². The highest BCUT2D eigenvalue weighted by Crippen LogP contribution is 2.38. The molecule has 0 saturated heterocycles. The first-order valence-corrected chi connectivity index (χ1v) is 8.65. The number of hydrogen-bond donors (Lipinski definition) is 3. The third-order valence-corrected chi connectivity index (χ3v) is 4.54. The van der Waals surface area contributed by atoms with Crippen LogP contribution in [0.25, 0.3) is 0 Å². The molecule has 0 saturated carbocycles. The summed E-state index contributed by atoms with van der Waals surface area (Å²) in [7, 11) is 0. The van der Waals surface area contributed by atoms with Gasteiger partial charge in [0.05, 0.1) is 16.8 Å². The number of hydrogen-bond acceptors (Lipinski definition) is 5. The quantitative estimate of drug-likeness (QED) is 0.475. The lowest BCUT2D eigenvalue weighted by Crippen LogP contribution is -2.22. The lowest BCUT2D eigenvalue weighted by molar-refractivity contribution is -0.114. The number of nitrogens with one attached hydrogen (secondary N) is 2. The number of carbonyl (C=O) groups excluding carboxylic acids is 3. The van der Waals surface area contributed by atoms with Crippen LogP contribution in [0.15, 0.2) is 60.7 Å². The van der Waals surface area contributed by atoms with Crippen molar-refractivity contribution >= 4 is 34.5 Å². The van der Waals surface area contributed by atoms with E-state index in [1.54, 1.807) is 54.6 Å². The zero-order valence-electron chi connectivity index (χ0n) is 14.9.